The smallest absolute Gasteiger partial charge is 0.208 e. The van der Waals surface area contributed by atoms with Gasteiger partial charge in [0.1, 0.15) is 0 Å². The standard InChI is InChI=1S/C7H13NO2S/c1-11(9,10)8-7-3-5-2-6(5)4-7/h5-8H,2-4H2,1H3. The van der Waals surface area contributed by atoms with E-state index in [4.69, 9.17) is 0 Å². The van der Waals surface area contributed by atoms with Crippen LogP contribution in [0.2, 0.25) is 0 Å². The summed E-state index contributed by atoms with van der Waals surface area (Å²) in [5.74, 6) is 1.68. The summed E-state index contributed by atoms with van der Waals surface area (Å²) in [6.45, 7) is 0. The monoisotopic (exact) mass is 175 g/mol. The molecule has 2 aliphatic rings. The summed E-state index contributed by atoms with van der Waals surface area (Å²) in [6.07, 6.45) is 4.70. The summed E-state index contributed by atoms with van der Waals surface area (Å²) in [7, 11) is -2.96. The van der Waals surface area contributed by atoms with Gasteiger partial charge in [-0.3, -0.25) is 0 Å². The Morgan fingerprint density at radius 3 is 2.18 bits per heavy atom. The van der Waals surface area contributed by atoms with E-state index in [0.717, 1.165) is 24.7 Å². The summed E-state index contributed by atoms with van der Waals surface area (Å²) in [4.78, 5) is 0. The van der Waals surface area contributed by atoms with Crippen molar-refractivity contribution in [3.63, 3.8) is 0 Å². The number of rotatable bonds is 2. The number of hydrogen-bond donors (Lipinski definition) is 1. The molecule has 0 radical (unpaired) electrons. The van der Waals surface area contributed by atoms with E-state index in [-0.39, 0.29) is 6.04 Å². The molecule has 2 unspecified atom stereocenters. The lowest BCUT2D eigenvalue weighted by molar-refractivity contribution is 0.531. The quantitative estimate of drug-likeness (QED) is 0.657. The molecule has 0 bridgehead atoms. The molecule has 3 nitrogen and oxygen atoms in total. The summed E-state index contributed by atoms with van der Waals surface area (Å²) >= 11 is 0. The van der Waals surface area contributed by atoms with Gasteiger partial charge in [0.25, 0.3) is 0 Å². The molecule has 2 atom stereocenters. The van der Waals surface area contributed by atoms with Crippen LogP contribution in [-0.2, 0) is 10.0 Å². The molecule has 0 aromatic carbocycles. The van der Waals surface area contributed by atoms with Gasteiger partial charge < -0.3 is 0 Å². The molecule has 11 heavy (non-hydrogen) atoms. The van der Waals surface area contributed by atoms with E-state index < -0.39 is 10.0 Å². The van der Waals surface area contributed by atoms with Gasteiger partial charge in [-0.05, 0) is 31.1 Å². The SMILES string of the molecule is CS(=O)(=O)NC1CC2CC2C1. The highest BCUT2D eigenvalue weighted by Gasteiger charge is 2.46. The van der Waals surface area contributed by atoms with Gasteiger partial charge in [0.2, 0.25) is 10.0 Å². The Labute approximate surface area is 67.2 Å². The van der Waals surface area contributed by atoms with Crippen molar-refractivity contribution < 1.29 is 8.42 Å². The molecule has 0 amide bonds. The van der Waals surface area contributed by atoms with E-state index in [1.54, 1.807) is 0 Å². The minimum absolute atomic E-state index is 0.244. The van der Waals surface area contributed by atoms with Crippen LogP contribution in [0.15, 0.2) is 0 Å². The van der Waals surface area contributed by atoms with Gasteiger partial charge in [0.15, 0.2) is 0 Å². The highest BCUT2D eigenvalue weighted by molar-refractivity contribution is 7.88. The summed E-state index contributed by atoms with van der Waals surface area (Å²) in [6, 6.07) is 0.244. The zero-order valence-electron chi connectivity index (χ0n) is 6.58. The molecule has 1 N–H and O–H groups in total. The average Bonchev–Trinajstić information content (AvgIpc) is 2.36. The van der Waals surface area contributed by atoms with Crippen molar-refractivity contribution in [3.8, 4) is 0 Å². The van der Waals surface area contributed by atoms with Crippen LogP contribution < -0.4 is 4.72 Å². The van der Waals surface area contributed by atoms with Crippen LogP contribution in [0.3, 0.4) is 0 Å². The fourth-order valence-corrected chi connectivity index (χ4v) is 2.91. The zero-order chi connectivity index (χ0) is 8.06. The van der Waals surface area contributed by atoms with Crippen molar-refractivity contribution >= 4 is 10.0 Å². The van der Waals surface area contributed by atoms with E-state index in [1.807, 2.05) is 0 Å². The van der Waals surface area contributed by atoms with Crippen LogP contribution in [-0.4, -0.2) is 20.7 Å². The highest BCUT2D eigenvalue weighted by atomic mass is 32.2. The van der Waals surface area contributed by atoms with E-state index in [0.29, 0.717) is 0 Å². The molecule has 0 saturated heterocycles. The molecule has 0 aromatic heterocycles. The third-order valence-corrected chi connectivity index (χ3v) is 3.39. The lowest BCUT2D eigenvalue weighted by atomic mass is 10.2. The summed E-state index contributed by atoms with van der Waals surface area (Å²) in [5.41, 5.74) is 0. The molecule has 2 aliphatic carbocycles. The lowest BCUT2D eigenvalue weighted by Crippen LogP contribution is -2.32. The maximum Gasteiger partial charge on any atom is 0.208 e. The van der Waals surface area contributed by atoms with Crippen molar-refractivity contribution in [1.82, 2.24) is 4.72 Å². The molecule has 0 heterocycles. The van der Waals surface area contributed by atoms with Crippen LogP contribution in [0.25, 0.3) is 0 Å². The third kappa shape index (κ3) is 1.73. The average molecular weight is 175 g/mol. The normalized spacial score (nSPS) is 42.1. The van der Waals surface area contributed by atoms with E-state index >= 15 is 0 Å². The first-order chi connectivity index (χ1) is 5.04. The second-order valence-electron chi connectivity index (χ2n) is 3.81. The molecule has 0 aliphatic heterocycles. The number of fused-ring (bicyclic) bond motifs is 1. The van der Waals surface area contributed by atoms with Crippen molar-refractivity contribution in [2.75, 3.05) is 6.26 Å². The maximum absolute atomic E-state index is 10.8. The molecule has 64 valence electrons. The summed E-state index contributed by atoms with van der Waals surface area (Å²) in [5, 5.41) is 0. The van der Waals surface area contributed by atoms with Gasteiger partial charge >= 0.3 is 0 Å². The van der Waals surface area contributed by atoms with Crippen LogP contribution in [0.5, 0.6) is 0 Å². The van der Waals surface area contributed by atoms with Crippen LogP contribution in [0.1, 0.15) is 19.3 Å². The second-order valence-corrected chi connectivity index (χ2v) is 5.59. The Balaban J connectivity index is 1.89. The Morgan fingerprint density at radius 2 is 1.73 bits per heavy atom. The largest absolute Gasteiger partial charge is 0.213 e. The van der Waals surface area contributed by atoms with E-state index in [9.17, 15) is 8.42 Å². The fraction of sp³-hybridized carbons (Fsp3) is 1.00. The first-order valence-electron chi connectivity index (χ1n) is 4.02. The molecule has 4 heteroatoms. The van der Waals surface area contributed by atoms with E-state index in [2.05, 4.69) is 4.72 Å². The lowest BCUT2D eigenvalue weighted by Gasteiger charge is -2.11. The maximum atomic E-state index is 10.8. The molecule has 2 saturated carbocycles. The number of hydrogen-bond acceptors (Lipinski definition) is 2. The molecule has 2 fully saturated rings. The highest BCUT2D eigenvalue weighted by Crippen LogP contribution is 2.51. The Kier molecular flexibility index (Phi) is 1.51. The minimum atomic E-state index is -2.96. The van der Waals surface area contributed by atoms with Crippen LogP contribution in [0, 0.1) is 11.8 Å². The molecule has 2 rings (SSSR count). The Bertz CT molecular complexity index is 250. The van der Waals surface area contributed by atoms with Gasteiger partial charge in [-0.25, -0.2) is 13.1 Å². The molecule has 0 spiro atoms. The van der Waals surface area contributed by atoms with Crippen LogP contribution >= 0.6 is 0 Å². The molecular formula is C7H13NO2S. The third-order valence-electron chi connectivity index (χ3n) is 2.62. The van der Waals surface area contributed by atoms with Crippen molar-refractivity contribution in [3.05, 3.63) is 0 Å². The predicted molar refractivity (Wildman–Crippen MR) is 42.6 cm³/mol. The number of sulfonamides is 1. The van der Waals surface area contributed by atoms with Gasteiger partial charge in [0, 0.05) is 6.04 Å². The zero-order valence-corrected chi connectivity index (χ0v) is 7.39. The molecular weight excluding hydrogens is 162 g/mol. The van der Waals surface area contributed by atoms with Crippen molar-refractivity contribution in [2.24, 2.45) is 11.8 Å². The second kappa shape index (κ2) is 2.20. The predicted octanol–water partition coefficient (Wildman–Crippen LogP) is 0.334. The number of nitrogens with one attached hydrogen (secondary N) is 1. The first kappa shape index (κ1) is 7.55. The topological polar surface area (TPSA) is 46.2 Å². The van der Waals surface area contributed by atoms with Crippen LogP contribution in [0.4, 0.5) is 0 Å². The minimum Gasteiger partial charge on any atom is -0.213 e. The van der Waals surface area contributed by atoms with Gasteiger partial charge in [0.05, 0.1) is 6.26 Å². The van der Waals surface area contributed by atoms with Gasteiger partial charge in [-0.2, -0.15) is 0 Å². The van der Waals surface area contributed by atoms with Crippen molar-refractivity contribution in [1.29, 1.82) is 0 Å². The summed E-state index contributed by atoms with van der Waals surface area (Å²) < 4.78 is 24.2. The first-order valence-corrected chi connectivity index (χ1v) is 5.91. The Hall–Kier alpha value is -0.0900. The van der Waals surface area contributed by atoms with Gasteiger partial charge in [-0.15, -0.1) is 0 Å². The van der Waals surface area contributed by atoms with Crippen molar-refractivity contribution in [2.45, 2.75) is 25.3 Å². The Morgan fingerprint density at radius 1 is 1.18 bits per heavy atom. The molecule has 0 aromatic rings. The van der Waals surface area contributed by atoms with Gasteiger partial charge in [-0.1, -0.05) is 0 Å². The fourth-order valence-electron chi connectivity index (χ4n) is 2.11. The van der Waals surface area contributed by atoms with E-state index in [1.165, 1.54) is 12.7 Å².